The van der Waals surface area contributed by atoms with Crippen LogP contribution in [0.3, 0.4) is 0 Å². The number of hydrogen-bond donors (Lipinski definition) is 2. The van der Waals surface area contributed by atoms with E-state index < -0.39 is 43.0 Å². The number of para-hydroxylation sites is 2. The average Bonchev–Trinajstić information content (AvgIpc) is 1.10. The second kappa shape index (κ2) is 21.6. The van der Waals surface area contributed by atoms with Crippen molar-refractivity contribution in [1.82, 2.24) is 4.57 Å². The number of nitrogens with one attached hydrogen (secondary N) is 2. The molecular weight excluding hydrogens is 1090 g/mol. The zero-order valence-corrected chi connectivity index (χ0v) is 51.1. The van der Waals surface area contributed by atoms with Crippen LogP contribution >= 0.6 is 0 Å². The summed E-state index contributed by atoms with van der Waals surface area (Å²) in [5, 5.41) is 8.35. The summed E-state index contributed by atoms with van der Waals surface area (Å²) in [6.45, 7) is 13.1. The van der Waals surface area contributed by atoms with Gasteiger partial charge in [0.05, 0.1) is 27.7 Å². The normalized spacial score (nSPS) is 13.7. The molecule has 430 valence electrons. The Hall–Kier alpha value is -10.7. The zero-order valence-electron chi connectivity index (χ0n) is 59.1. The van der Waals surface area contributed by atoms with Crippen LogP contribution in [0.4, 0.5) is 22.7 Å². The Morgan fingerprint density at radius 2 is 0.644 bits per heavy atom. The van der Waals surface area contributed by atoms with Crippen LogP contribution < -0.4 is 27.0 Å². The lowest BCUT2D eigenvalue weighted by molar-refractivity contribution is 0.590. The van der Waals surface area contributed by atoms with Crippen molar-refractivity contribution in [2.45, 2.75) is 52.4 Å². The van der Waals surface area contributed by atoms with Gasteiger partial charge in [0, 0.05) is 44.6 Å². The molecule has 0 saturated heterocycles. The Balaban J connectivity index is 1.11. The lowest BCUT2D eigenvalue weighted by atomic mass is 9.33. The summed E-state index contributed by atoms with van der Waals surface area (Å²) in [5.74, 6) is 0. The SMILES string of the molecule is [2H]c1c([2H])c([2H])c2c(c1[2H])c1c([2H])c([2H])c([2H])c([2H])c1n2-c1cc2c3c(c1)Nc1c(cc(-c4ccccc4)cc1-c1c(-c4ccccc4)cc(C(C)(C)C)cc1-c1ccccc1)B3c1cc(-c3ccccc3)cc(-c3c(-c4ccccc4)cc(C(C)(C)C)cc3-c3ccccc3)c1N2. The molecule has 13 aromatic carbocycles. The minimum Gasteiger partial charge on any atom is -0.356 e. The second-order valence-corrected chi connectivity index (χ2v) is 26.0. The van der Waals surface area contributed by atoms with Gasteiger partial charge in [-0.15, -0.1) is 0 Å². The van der Waals surface area contributed by atoms with Crippen LogP contribution in [-0.4, -0.2) is 11.3 Å². The van der Waals surface area contributed by atoms with E-state index in [1.165, 1.54) is 11.1 Å². The molecule has 14 aromatic rings. The standard InChI is InChI=1S/C86H68BN3/c1-85(2,3)63-49-68(57-33-17-9-18-34-57)80(69(50-63)58-35-19-10-20-36-58)72-45-61(55-29-13-7-14-30-55)47-74-83(72)88-76-53-65(90-78-43-27-25-41-66(78)67-42-26-28-44-79(67)90)54-77-82(76)87(74)75-48-62(56-31-15-8-16-32-56)46-73(84(75)89-77)81-70(59-37-21-11-22-38-59)51-64(86(4,5)6)52-71(81)60-39-23-12-24-40-60/h7-54,88-89H,1-6H3/i25D,26D,27D,28D,41D,42D,43D,44D. The summed E-state index contributed by atoms with van der Waals surface area (Å²) >= 11 is 0. The topological polar surface area (TPSA) is 29.0 Å². The van der Waals surface area contributed by atoms with E-state index >= 15 is 0 Å². The molecule has 1 aromatic heterocycles. The Labute approximate surface area is 540 Å². The summed E-state index contributed by atoms with van der Waals surface area (Å²) in [6.07, 6.45) is 0. The number of nitrogens with zero attached hydrogens (tertiary/aromatic N) is 1. The number of fused-ring (bicyclic) bond motifs is 7. The molecule has 0 atom stereocenters. The number of rotatable bonds is 9. The molecule has 90 heavy (non-hydrogen) atoms. The molecule has 0 amide bonds. The monoisotopic (exact) mass is 1160 g/mol. The van der Waals surface area contributed by atoms with Crippen molar-refractivity contribution in [3.05, 3.63) is 302 Å². The maximum absolute atomic E-state index is 9.76. The molecule has 0 fully saturated rings. The summed E-state index contributed by atoms with van der Waals surface area (Å²) in [7, 11) is 0. The molecule has 2 N–H and O–H groups in total. The third-order valence-electron chi connectivity index (χ3n) is 18.3. The molecule has 0 aliphatic carbocycles. The first-order valence-corrected chi connectivity index (χ1v) is 31.0. The molecule has 0 spiro atoms. The molecule has 3 nitrogen and oxygen atoms in total. The summed E-state index contributed by atoms with van der Waals surface area (Å²) in [5.41, 5.74) is 24.9. The highest BCUT2D eigenvalue weighted by Gasteiger charge is 2.42. The van der Waals surface area contributed by atoms with E-state index in [9.17, 15) is 8.22 Å². The highest BCUT2D eigenvalue weighted by Crippen LogP contribution is 2.52. The lowest BCUT2D eigenvalue weighted by Gasteiger charge is -2.38. The van der Waals surface area contributed by atoms with Gasteiger partial charge in [-0.05, 0) is 177 Å². The van der Waals surface area contributed by atoms with Gasteiger partial charge < -0.3 is 15.2 Å². The molecule has 0 bridgehead atoms. The van der Waals surface area contributed by atoms with Crippen molar-refractivity contribution in [2.24, 2.45) is 0 Å². The van der Waals surface area contributed by atoms with Crippen molar-refractivity contribution < 1.29 is 11.0 Å². The van der Waals surface area contributed by atoms with Gasteiger partial charge in [0.1, 0.15) is 0 Å². The Bertz CT molecular complexity index is 5130. The number of hydrogen-bond acceptors (Lipinski definition) is 2. The number of aromatic nitrogens is 1. The van der Waals surface area contributed by atoms with Gasteiger partial charge in [0.15, 0.2) is 0 Å². The van der Waals surface area contributed by atoms with Crippen LogP contribution in [0.1, 0.15) is 63.6 Å². The van der Waals surface area contributed by atoms with Gasteiger partial charge in [0.2, 0.25) is 0 Å². The fourth-order valence-electron chi connectivity index (χ4n) is 13.9. The largest absolute Gasteiger partial charge is 0.356 e. The van der Waals surface area contributed by atoms with Crippen molar-refractivity contribution in [2.75, 3.05) is 10.6 Å². The first kappa shape index (κ1) is 46.5. The number of benzene rings is 13. The summed E-state index contributed by atoms with van der Waals surface area (Å²) < 4.78 is 76.6. The summed E-state index contributed by atoms with van der Waals surface area (Å²) in [6, 6.07) is 83.2. The first-order chi connectivity index (χ1) is 47.2. The molecule has 0 saturated carbocycles. The van der Waals surface area contributed by atoms with E-state index in [-0.39, 0.29) is 44.7 Å². The Kier molecular flexibility index (Phi) is 11.1. The highest BCUT2D eigenvalue weighted by atomic mass is 15.0. The van der Waals surface area contributed by atoms with E-state index in [4.69, 9.17) is 2.74 Å². The maximum Gasteiger partial charge on any atom is 0.252 e. The van der Waals surface area contributed by atoms with E-state index in [0.29, 0.717) is 17.1 Å². The van der Waals surface area contributed by atoms with E-state index in [1.54, 1.807) is 4.57 Å². The molecule has 0 radical (unpaired) electrons. The molecule has 4 heteroatoms. The zero-order chi connectivity index (χ0) is 67.8. The second-order valence-electron chi connectivity index (χ2n) is 26.0. The van der Waals surface area contributed by atoms with Gasteiger partial charge in [-0.3, -0.25) is 0 Å². The van der Waals surface area contributed by atoms with Gasteiger partial charge in [0.25, 0.3) is 6.71 Å². The quantitative estimate of drug-likeness (QED) is 0.141. The van der Waals surface area contributed by atoms with E-state index in [2.05, 4.69) is 283 Å². The molecule has 2 aliphatic heterocycles. The van der Waals surface area contributed by atoms with Crippen molar-refractivity contribution in [1.29, 1.82) is 0 Å². The van der Waals surface area contributed by atoms with Crippen LogP contribution in [0.5, 0.6) is 0 Å². The Morgan fingerprint density at radius 3 is 0.967 bits per heavy atom. The van der Waals surface area contributed by atoms with Crippen LogP contribution in [0, 0.1) is 0 Å². The number of anilines is 4. The van der Waals surface area contributed by atoms with Gasteiger partial charge in [-0.2, -0.15) is 0 Å². The van der Waals surface area contributed by atoms with Crippen molar-refractivity contribution >= 4 is 67.7 Å². The van der Waals surface area contributed by atoms with Gasteiger partial charge in [-0.1, -0.05) is 272 Å². The fourth-order valence-corrected chi connectivity index (χ4v) is 13.9. The van der Waals surface area contributed by atoms with E-state index in [0.717, 1.165) is 117 Å². The third kappa shape index (κ3) is 9.36. The first-order valence-electron chi connectivity index (χ1n) is 35.0. The van der Waals surface area contributed by atoms with Crippen molar-refractivity contribution in [3.63, 3.8) is 0 Å². The smallest absolute Gasteiger partial charge is 0.252 e. The third-order valence-corrected chi connectivity index (χ3v) is 18.3. The minimum absolute atomic E-state index is 0.00600. The van der Waals surface area contributed by atoms with E-state index in [1.807, 2.05) is 12.1 Å². The van der Waals surface area contributed by atoms with Crippen LogP contribution in [0.15, 0.2) is 291 Å². The predicted molar refractivity (Wildman–Crippen MR) is 386 cm³/mol. The summed E-state index contributed by atoms with van der Waals surface area (Å²) in [4.78, 5) is 0. The predicted octanol–water partition coefficient (Wildman–Crippen LogP) is 21.3. The van der Waals surface area contributed by atoms with Gasteiger partial charge in [-0.25, -0.2) is 0 Å². The minimum atomic E-state index is -0.512. The van der Waals surface area contributed by atoms with Crippen molar-refractivity contribution in [3.8, 4) is 94.7 Å². The molecule has 0 unspecified atom stereocenters. The molecule has 3 heterocycles. The average molecular weight is 1160 g/mol. The highest BCUT2D eigenvalue weighted by molar-refractivity contribution is 7.00. The molecule has 16 rings (SSSR count). The molecule has 2 aliphatic rings. The van der Waals surface area contributed by atoms with Crippen LogP contribution in [0.2, 0.25) is 0 Å². The Morgan fingerprint density at radius 1 is 0.333 bits per heavy atom. The molecular formula is C86H68BN3. The van der Waals surface area contributed by atoms with Gasteiger partial charge >= 0.3 is 0 Å². The van der Waals surface area contributed by atoms with Crippen LogP contribution in [0.25, 0.3) is 117 Å². The maximum atomic E-state index is 9.76. The lowest BCUT2D eigenvalue weighted by Crippen LogP contribution is -2.59. The van der Waals surface area contributed by atoms with Crippen LogP contribution in [-0.2, 0) is 10.8 Å². The fraction of sp³-hybridized carbons (Fsp3) is 0.0930.